The Morgan fingerprint density at radius 1 is 1.17 bits per heavy atom. The van der Waals surface area contributed by atoms with E-state index in [9.17, 15) is 18.0 Å². The second-order valence-electron chi connectivity index (χ2n) is 6.90. The van der Waals surface area contributed by atoms with Crippen LogP contribution in [0.2, 0.25) is 0 Å². The Morgan fingerprint density at radius 2 is 1.97 bits per heavy atom. The number of halogens is 3. The minimum absolute atomic E-state index is 0.0198. The van der Waals surface area contributed by atoms with E-state index in [1.807, 2.05) is 31.2 Å². The molecule has 5 nitrogen and oxygen atoms in total. The minimum atomic E-state index is -4.44. The van der Waals surface area contributed by atoms with Gasteiger partial charge in [-0.05, 0) is 49.2 Å². The maximum Gasteiger partial charge on any atom is 0.416 e. The van der Waals surface area contributed by atoms with Crippen LogP contribution in [0.5, 0.6) is 5.75 Å². The fourth-order valence-electron chi connectivity index (χ4n) is 3.45. The number of carbonyl (C=O) groups is 1. The number of hydrogen-bond acceptors (Lipinski definition) is 3. The Labute approximate surface area is 165 Å². The summed E-state index contributed by atoms with van der Waals surface area (Å²) in [6.45, 7) is 1.87. The summed E-state index contributed by atoms with van der Waals surface area (Å²) in [4.78, 5) is 14.7. The van der Waals surface area contributed by atoms with Crippen LogP contribution < -0.4 is 9.64 Å². The first-order chi connectivity index (χ1) is 13.8. The molecule has 1 aromatic heterocycles. The number of hydrogen-bond donors (Lipinski definition) is 0. The van der Waals surface area contributed by atoms with Crippen molar-refractivity contribution in [2.75, 3.05) is 4.90 Å². The van der Waals surface area contributed by atoms with Gasteiger partial charge in [0, 0.05) is 17.9 Å². The molecule has 0 aliphatic carbocycles. The molecular formula is C21H18F3N3O2. The Bertz CT molecular complexity index is 1050. The van der Waals surface area contributed by atoms with E-state index >= 15 is 0 Å². The second kappa shape index (κ2) is 7.27. The Hall–Kier alpha value is -3.29. The van der Waals surface area contributed by atoms with Gasteiger partial charge in [-0.15, -0.1) is 0 Å². The van der Waals surface area contributed by atoms with Gasteiger partial charge in [0.05, 0.1) is 5.56 Å². The molecule has 1 unspecified atom stereocenters. The number of amides is 1. The number of benzene rings is 2. The number of alkyl halides is 3. The highest BCUT2D eigenvalue weighted by molar-refractivity contribution is 6.06. The number of anilines is 1. The van der Waals surface area contributed by atoms with Crippen LogP contribution in [0.25, 0.3) is 0 Å². The lowest BCUT2D eigenvalue weighted by molar-refractivity contribution is -0.137. The van der Waals surface area contributed by atoms with Crippen LogP contribution in [0.3, 0.4) is 0 Å². The quantitative estimate of drug-likeness (QED) is 0.645. The van der Waals surface area contributed by atoms with Crippen molar-refractivity contribution in [1.29, 1.82) is 0 Å². The Morgan fingerprint density at radius 3 is 2.76 bits per heavy atom. The van der Waals surface area contributed by atoms with Crippen LogP contribution in [0.15, 0.2) is 60.8 Å². The van der Waals surface area contributed by atoms with Gasteiger partial charge >= 0.3 is 6.18 Å². The van der Waals surface area contributed by atoms with E-state index in [-0.39, 0.29) is 30.1 Å². The van der Waals surface area contributed by atoms with E-state index < -0.39 is 11.7 Å². The van der Waals surface area contributed by atoms with Crippen LogP contribution >= 0.6 is 0 Å². The summed E-state index contributed by atoms with van der Waals surface area (Å²) in [7, 11) is 0. The van der Waals surface area contributed by atoms with E-state index in [0.29, 0.717) is 0 Å². The highest BCUT2D eigenvalue weighted by atomic mass is 19.4. The zero-order chi connectivity index (χ0) is 20.6. The molecule has 0 radical (unpaired) electrons. The van der Waals surface area contributed by atoms with Gasteiger partial charge in [-0.25, -0.2) is 4.68 Å². The predicted molar refractivity (Wildman–Crippen MR) is 101 cm³/mol. The molecule has 0 saturated heterocycles. The maximum absolute atomic E-state index is 12.9. The average molecular weight is 401 g/mol. The summed E-state index contributed by atoms with van der Waals surface area (Å²) in [5.74, 6) is -0.148. The third-order valence-electron chi connectivity index (χ3n) is 4.81. The number of ether oxygens (including phenoxy) is 1. The van der Waals surface area contributed by atoms with Gasteiger partial charge < -0.3 is 9.64 Å². The minimum Gasteiger partial charge on any atom is -0.471 e. The van der Waals surface area contributed by atoms with Crippen molar-refractivity contribution < 1.29 is 22.7 Å². The van der Waals surface area contributed by atoms with Gasteiger partial charge in [-0.2, -0.15) is 18.3 Å². The van der Waals surface area contributed by atoms with Crippen molar-refractivity contribution in [3.8, 4) is 5.75 Å². The monoisotopic (exact) mass is 401 g/mol. The second-order valence-corrected chi connectivity index (χ2v) is 6.90. The first kappa shape index (κ1) is 19.0. The highest BCUT2D eigenvalue weighted by Gasteiger charge is 2.32. The molecule has 1 aliphatic rings. The van der Waals surface area contributed by atoms with Crippen molar-refractivity contribution in [1.82, 2.24) is 9.78 Å². The molecule has 8 heteroatoms. The Balaban J connectivity index is 1.46. The number of aromatic nitrogens is 2. The molecule has 1 amide bonds. The molecule has 1 aliphatic heterocycles. The van der Waals surface area contributed by atoms with Gasteiger partial charge in [0.1, 0.15) is 5.75 Å². The molecule has 2 aromatic carbocycles. The zero-order valence-corrected chi connectivity index (χ0v) is 15.6. The van der Waals surface area contributed by atoms with Crippen LogP contribution in [0.1, 0.15) is 28.5 Å². The van der Waals surface area contributed by atoms with Gasteiger partial charge in [0.25, 0.3) is 5.91 Å². The van der Waals surface area contributed by atoms with Crippen molar-refractivity contribution in [3.05, 3.63) is 77.6 Å². The zero-order valence-electron chi connectivity index (χ0n) is 15.6. The summed E-state index contributed by atoms with van der Waals surface area (Å²) in [6, 6.07) is 14.0. The van der Waals surface area contributed by atoms with Gasteiger partial charge in [0.15, 0.2) is 12.4 Å². The van der Waals surface area contributed by atoms with Crippen molar-refractivity contribution in [2.45, 2.75) is 32.3 Å². The SMILES string of the molecule is CC1Cc2ccccc2N1C(=O)c1ccn(COc2cccc(C(F)(F)F)c2)n1. The molecule has 0 spiro atoms. The lowest BCUT2D eigenvalue weighted by Crippen LogP contribution is -2.36. The first-order valence-electron chi connectivity index (χ1n) is 9.08. The van der Waals surface area contributed by atoms with E-state index in [0.717, 1.165) is 29.8 Å². The molecule has 0 bridgehead atoms. The van der Waals surface area contributed by atoms with Crippen molar-refractivity contribution in [3.63, 3.8) is 0 Å². The van der Waals surface area contributed by atoms with E-state index in [2.05, 4.69) is 5.10 Å². The molecule has 3 aromatic rings. The summed E-state index contributed by atoms with van der Waals surface area (Å²) >= 11 is 0. The van der Waals surface area contributed by atoms with Crippen LogP contribution in [-0.2, 0) is 19.3 Å². The van der Waals surface area contributed by atoms with Crippen molar-refractivity contribution in [2.24, 2.45) is 0 Å². The number of nitrogens with zero attached hydrogens (tertiary/aromatic N) is 3. The number of para-hydroxylation sites is 1. The van der Waals surface area contributed by atoms with Gasteiger partial charge in [-0.1, -0.05) is 24.3 Å². The van der Waals surface area contributed by atoms with E-state index in [4.69, 9.17) is 4.74 Å². The Kier molecular flexibility index (Phi) is 4.77. The molecule has 1 atom stereocenters. The number of fused-ring (bicyclic) bond motifs is 1. The van der Waals surface area contributed by atoms with Crippen molar-refractivity contribution >= 4 is 11.6 Å². The highest BCUT2D eigenvalue weighted by Crippen LogP contribution is 2.33. The lowest BCUT2D eigenvalue weighted by Gasteiger charge is -2.21. The van der Waals surface area contributed by atoms with Crippen LogP contribution in [0.4, 0.5) is 18.9 Å². The number of rotatable bonds is 4. The largest absolute Gasteiger partial charge is 0.471 e. The van der Waals surface area contributed by atoms with E-state index in [1.54, 1.807) is 17.2 Å². The molecule has 0 saturated carbocycles. The summed E-state index contributed by atoms with van der Waals surface area (Å²) in [5, 5.41) is 4.23. The topological polar surface area (TPSA) is 47.4 Å². The third kappa shape index (κ3) is 3.83. The van der Waals surface area contributed by atoms with Gasteiger partial charge in [-0.3, -0.25) is 4.79 Å². The molecule has 29 heavy (non-hydrogen) atoms. The predicted octanol–water partition coefficient (Wildman–Crippen LogP) is 4.53. The fraction of sp³-hybridized carbons (Fsp3) is 0.238. The standard InChI is InChI=1S/C21H18F3N3O2/c1-14-11-15-5-2-3-8-19(15)27(14)20(28)18-9-10-26(25-18)13-29-17-7-4-6-16(12-17)21(22,23)24/h2-10,12,14H,11,13H2,1H3. The summed E-state index contributed by atoms with van der Waals surface area (Å²) in [6.07, 6.45) is -2.10. The maximum atomic E-state index is 12.9. The average Bonchev–Trinajstić information content (AvgIpc) is 3.29. The molecule has 0 N–H and O–H groups in total. The molecule has 4 rings (SSSR count). The van der Waals surface area contributed by atoms with E-state index in [1.165, 1.54) is 16.8 Å². The smallest absolute Gasteiger partial charge is 0.416 e. The first-order valence-corrected chi connectivity index (χ1v) is 9.08. The van der Waals surface area contributed by atoms with Gasteiger partial charge in [0.2, 0.25) is 0 Å². The lowest BCUT2D eigenvalue weighted by atomic mass is 10.1. The molecular weight excluding hydrogens is 383 g/mol. The normalized spacial score (nSPS) is 16.0. The molecule has 150 valence electrons. The summed E-state index contributed by atoms with van der Waals surface area (Å²) in [5.41, 5.74) is 1.45. The van der Waals surface area contributed by atoms with Crippen LogP contribution in [-0.4, -0.2) is 21.7 Å². The number of carbonyl (C=O) groups excluding carboxylic acids is 1. The molecule has 2 heterocycles. The third-order valence-corrected chi connectivity index (χ3v) is 4.81. The fourth-order valence-corrected chi connectivity index (χ4v) is 3.45. The summed E-state index contributed by atoms with van der Waals surface area (Å²) < 4.78 is 45.2. The molecule has 0 fully saturated rings. The van der Waals surface area contributed by atoms with Crippen LogP contribution in [0, 0.1) is 0 Å².